The van der Waals surface area contributed by atoms with E-state index in [1.165, 1.54) is 64.3 Å². The summed E-state index contributed by atoms with van der Waals surface area (Å²) in [5.74, 6) is -0.939. The number of imidazole rings is 2. The number of aryl methyl sites for hydroxylation is 2. The van der Waals surface area contributed by atoms with Gasteiger partial charge in [0.15, 0.2) is 15.8 Å². The molecule has 3 heterocycles. The first-order valence-corrected chi connectivity index (χ1v) is 15.3. The summed E-state index contributed by atoms with van der Waals surface area (Å²) in [6.07, 6.45) is 4.62. The summed E-state index contributed by atoms with van der Waals surface area (Å²) in [6, 6.07) is 3.89. The Balaban J connectivity index is 1.76. The predicted molar refractivity (Wildman–Crippen MR) is 145 cm³/mol. The van der Waals surface area contributed by atoms with Gasteiger partial charge >= 0.3 is 0 Å². The number of nitrogens with zero attached hydrogens (tertiary/aromatic N) is 6. The van der Waals surface area contributed by atoms with Crippen LogP contribution in [0.15, 0.2) is 53.3 Å². The number of nitrogens with one attached hydrogen (secondary N) is 1. The molecule has 0 spiro atoms. The fourth-order valence-electron chi connectivity index (χ4n) is 4.30. The Hall–Kier alpha value is -3.47. The number of carbonyl (C=O) groups is 1. The van der Waals surface area contributed by atoms with Gasteiger partial charge in [-0.05, 0) is 19.1 Å². The number of hydrogen-bond donors (Lipinski definition) is 2. The summed E-state index contributed by atoms with van der Waals surface area (Å²) in [6.45, 7) is 3.21. The zero-order chi connectivity index (χ0) is 29.4. The standard InChI is InChI=1S/C24H33N7O7S2/c1-16-9-31(17(2)13-32)24(33)18-7-6-8-19(27-39(34,35)21-11-28(3)14-25-21)23(18)38-20(16)10-30(5)40(36,37)22-12-29(4)15-26-22/h6-8,11-12,14-17,20,27,32H,9-10,13H2,1-5H3/t16-,17+,20+/m0/s1. The van der Waals surface area contributed by atoms with Crippen molar-refractivity contribution in [3.63, 3.8) is 0 Å². The van der Waals surface area contributed by atoms with Crippen molar-refractivity contribution in [2.75, 3.05) is 31.5 Å². The maximum atomic E-state index is 13.6. The second-order valence-electron chi connectivity index (χ2n) is 9.95. The van der Waals surface area contributed by atoms with Crippen LogP contribution >= 0.6 is 0 Å². The van der Waals surface area contributed by atoms with Crippen LogP contribution in [0.4, 0.5) is 5.69 Å². The maximum Gasteiger partial charge on any atom is 0.281 e. The van der Waals surface area contributed by atoms with Crippen LogP contribution in [0.25, 0.3) is 0 Å². The number of aliphatic hydroxyl groups excluding tert-OH is 1. The minimum Gasteiger partial charge on any atom is -0.486 e. The number of para-hydroxylation sites is 1. The molecule has 0 fully saturated rings. The van der Waals surface area contributed by atoms with Crippen molar-refractivity contribution in [3.05, 3.63) is 48.8 Å². The zero-order valence-electron chi connectivity index (χ0n) is 22.8. The molecule has 1 aromatic carbocycles. The molecule has 16 heteroatoms. The number of amides is 1. The number of anilines is 1. The van der Waals surface area contributed by atoms with Gasteiger partial charge in [0.25, 0.3) is 26.0 Å². The fraction of sp³-hybridized carbons (Fsp3) is 0.458. The largest absolute Gasteiger partial charge is 0.486 e. The highest BCUT2D eigenvalue weighted by molar-refractivity contribution is 7.92. The molecule has 2 aromatic heterocycles. The molecule has 3 atom stereocenters. The van der Waals surface area contributed by atoms with E-state index in [4.69, 9.17) is 4.74 Å². The first kappa shape index (κ1) is 29.5. The third-order valence-electron chi connectivity index (χ3n) is 6.68. The average molecular weight is 596 g/mol. The van der Waals surface area contributed by atoms with Gasteiger partial charge in [-0.3, -0.25) is 9.52 Å². The number of hydrogen-bond acceptors (Lipinski definition) is 9. The van der Waals surface area contributed by atoms with E-state index in [2.05, 4.69) is 14.7 Å². The lowest BCUT2D eigenvalue weighted by atomic mass is 9.99. The van der Waals surface area contributed by atoms with Crippen molar-refractivity contribution < 1.29 is 31.5 Å². The van der Waals surface area contributed by atoms with Gasteiger partial charge in [-0.2, -0.15) is 12.7 Å². The molecule has 3 aromatic rings. The van der Waals surface area contributed by atoms with E-state index in [0.717, 1.165) is 4.31 Å². The average Bonchev–Trinajstić information content (AvgIpc) is 3.54. The number of ether oxygens (including phenoxy) is 1. The molecule has 1 aliphatic heterocycles. The number of sulfonamides is 2. The number of likely N-dealkylation sites (N-methyl/N-ethyl adjacent to an activating group) is 1. The first-order chi connectivity index (χ1) is 18.7. The van der Waals surface area contributed by atoms with Crippen LogP contribution in [0.5, 0.6) is 5.75 Å². The van der Waals surface area contributed by atoms with Gasteiger partial charge in [-0.25, -0.2) is 18.4 Å². The normalized spacial score (nSPS) is 19.1. The quantitative estimate of drug-likeness (QED) is 0.358. The Morgan fingerprint density at radius 3 is 2.33 bits per heavy atom. The minimum absolute atomic E-state index is 0.0116. The molecular weight excluding hydrogens is 562 g/mol. The van der Waals surface area contributed by atoms with Gasteiger partial charge in [0.2, 0.25) is 0 Å². The molecule has 2 N–H and O–H groups in total. The van der Waals surface area contributed by atoms with Crippen LogP contribution in [0.3, 0.4) is 0 Å². The lowest BCUT2D eigenvalue weighted by Crippen LogP contribution is -2.50. The van der Waals surface area contributed by atoms with Crippen molar-refractivity contribution in [1.82, 2.24) is 28.3 Å². The van der Waals surface area contributed by atoms with Gasteiger partial charge in [-0.15, -0.1) is 0 Å². The summed E-state index contributed by atoms with van der Waals surface area (Å²) in [5, 5.41) is 9.50. The van der Waals surface area contributed by atoms with Gasteiger partial charge in [-0.1, -0.05) is 13.0 Å². The topological polar surface area (TPSA) is 169 Å². The highest BCUT2D eigenvalue weighted by Crippen LogP contribution is 2.36. The summed E-state index contributed by atoms with van der Waals surface area (Å²) >= 11 is 0. The molecule has 1 amide bonds. The number of benzene rings is 1. The zero-order valence-corrected chi connectivity index (χ0v) is 24.4. The number of rotatable bonds is 9. The Morgan fingerprint density at radius 1 is 1.12 bits per heavy atom. The van der Waals surface area contributed by atoms with E-state index in [1.54, 1.807) is 27.9 Å². The number of carbonyl (C=O) groups excluding carboxylic acids is 1. The van der Waals surface area contributed by atoms with Gasteiger partial charge in [0.1, 0.15) is 6.10 Å². The SMILES string of the molecule is C[C@H](CO)N1C[C@H](C)[C@@H](CN(C)S(=O)(=O)c2cn(C)cn2)Oc2c(NS(=O)(=O)c3cn(C)cn3)cccc2C1=O. The maximum absolute atomic E-state index is 13.6. The molecule has 218 valence electrons. The molecule has 0 saturated carbocycles. The molecule has 0 bridgehead atoms. The monoisotopic (exact) mass is 595 g/mol. The number of aliphatic hydroxyl groups is 1. The summed E-state index contributed by atoms with van der Waals surface area (Å²) in [4.78, 5) is 23.0. The highest BCUT2D eigenvalue weighted by Gasteiger charge is 2.37. The molecule has 4 rings (SSSR count). The molecule has 0 aliphatic carbocycles. The summed E-state index contributed by atoms with van der Waals surface area (Å²) in [5.41, 5.74) is 0.0519. The van der Waals surface area contributed by atoms with Crippen LogP contribution in [-0.2, 0) is 34.1 Å². The summed E-state index contributed by atoms with van der Waals surface area (Å²) in [7, 11) is -3.45. The minimum atomic E-state index is -4.15. The van der Waals surface area contributed by atoms with E-state index >= 15 is 0 Å². The molecule has 1 aliphatic rings. The van der Waals surface area contributed by atoms with E-state index in [-0.39, 0.29) is 46.7 Å². The first-order valence-electron chi connectivity index (χ1n) is 12.4. The Bertz CT molecular complexity index is 1600. The third kappa shape index (κ3) is 5.84. The third-order valence-corrected chi connectivity index (χ3v) is 9.64. The fourth-order valence-corrected chi connectivity index (χ4v) is 6.49. The van der Waals surface area contributed by atoms with Crippen LogP contribution < -0.4 is 9.46 Å². The van der Waals surface area contributed by atoms with Crippen molar-refractivity contribution >= 4 is 31.6 Å². The van der Waals surface area contributed by atoms with Crippen molar-refractivity contribution in [2.24, 2.45) is 20.0 Å². The Labute approximate surface area is 233 Å². The van der Waals surface area contributed by atoms with Crippen LogP contribution in [0, 0.1) is 5.92 Å². The summed E-state index contributed by atoms with van der Waals surface area (Å²) < 4.78 is 65.5. The Kier molecular flexibility index (Phi) is 8.26. The van der Waals surface area contributed by atoms with Crippen molar-refractivity contribution in [2.45, 2.75) is 36.0 Å². The highest BCUT2D eigenvalue weighted by atomic mass is 32.2. The van der Waals surface area contributed by atoms with Crippen molar-refractivity contribution in [3.8, 4) is 5.75 Å². The van der Waals surface area contributed by atoms with Gasteiger partial charge in [0, 0.05) is 46.0 Å². The number of fused-ring (bicyclic) bond motifs is 1. The van der Waals surface area contributed by atoms with Gasteiger partial charge in [0.05, 0.1) is 43.1 Å². The predicted octanol–water partition coefficient (Wildman–Crippen LogP) is 0.495. The van der Waals surface area contributed by atoms with E-state index < -0.39 is 44.0 Å². The van der Waals surface area contributed by atoms with E-state index in [1.807, 2.05) is 0 Å². The smallest absolute Gasteiger partial charge is 0.281 e. The van der Waals surface area contributed by atoms with Crippen molar-refractivity contribution in [1.29, 1.82) is 0 Å². The van der Waals surface area contributed by atoms with Crippen LogP contribution in [0.1, 0.15) is 24.2 Å². The molecule has 0 saturated heterocycles. The molecule has 0 radical (unpaired) electrons. The van der Waals surface area contributed by atoms with E-state index in [0.29, 0.717) is 0 Å². The lowest BCUT2D eigenvalue weighted by Gasteiger charge is -2.38. The lowest BCUT2D eigenvalue weighted by molar-refractivity contribution is 0.0389. The second-order valence-corrected chi connectivity index (χ2v) is 13.6. The van der Waals surface area contributed by atoms with Crippen LogP contribution in [0.2, 0.25) is 0 Å². The number of aromatic nitrogens is 4. The molecular formula is C24H33N7O7S2. The molecule has 14 nitrogen and oxygen atoms in total. The molecule has 40 heavy (non-hydrogen) atoms. The molecule has 0 unspecified atom stereocenters. The van der Waals surface area contributed by atoms with Crippen LogP contribution in [-0.4, -0.2) is 95.0 Å². The Morgan fingerprint density at radius 2 is 1.75 bits per heavy atom. The van der Waals surface area contributed by atoms with E-state index in [9.17, 15) is 26.7 Å². The second kappa shape index (κ2) is 11.2. The van der Waals surface area contributed by atoms with Gasteiger partial charge < -0.3 is 23.9 Å².